The van der Waals surface area contributed by atoms with Gasteiger partial charge in [0.25, 0.3) is 5.91 Å². The van der Waals surface area contributed by atoms with E-state index in [2.05, 4.69) is 41.5 Å². The highest BCUT2D eigenvalue weighted by molar-refractivity contribution is 5.99. The number of nitrogens with one attached hydrogen (secondary N) is 2. The summed E-state index contributed by atoms with van der Waals surface area (Å²) in [6, 6.07) is 18.1. The lowest BCUT2D eigenvalue weighted by atomic mass is 10.0. The number of para-hydroxylation sites is 1. The maximum absolute atomic E-state index is 12.7. The second-order valence-electron chi connectivity index (χ2n) is 8.77. The second kappa shape index (κ2) is 11.5. The first-order valence-corrected chi connectivity index (χ1v) is 11.5. The third kappa shape index (κ3) is 7.12. The highest BCUT2D eigenvalue weighted by Gasteiger charge is 2.23. The smallest absolute Gasteiger partial charge is 0.253 e. The van der Waals surface area contributed by atoms with Crippen LogP contribution in [-0.4, -0.2) is 37.5 Å². The molecule has 31 heavy (non-hydrogen) atoms. The van der Waals surface area contributed by atoms with Crippen LogP contribution in [0.3, 0.4) is 0 Å². The summed E-state index contributed by atoms with van der Waals surface area (Å²) in [5, 5.41) is 6.24. The normalized spacial score (nSPS) is 14.5. The number of nitrogens with zero attached hydrogens (tertiary/aromatic N) is 1. The molecule has 0 unspecified atom stereocenters. The molecule has 1 fully saturated rings. The summed E-state index contributed by atoms with van der Waals surface area (Å²) in [6.45, 7) is 6.68. The first-order chi connectivity index (χ1) is 15.0. The SMILES string of the molecule is CC(C)CCNC(=O)c1ccccc1N1CCC(NC(=O)CCc2ccccc2)CC1. The lowest BCUT2D eigenvalue weighted by Gasteiger charge is -2.35. The first kappa shape index (κ1) is 22.9. The minimum absolute atomic E-state index is 0.00686. The van der Waals surface area contributed by atoms with Crippen LogP contribution in [0, 0.1) is 5.92 Å². The minimum atomic E-state index is -0.00686. The lowest BCUT2D eigenvalue weighted by molar-refractivity contribution is -0.121. The Morgan fingerprint density at radius 3 is 2.39 bits per heavy atom. The Kier molecular flexibility index (Phi) is 8.51. The van der Waals surface area contributed by atoms with Crippen LogP contribution in [0.5, 0.6) is 0 Å². The molecule has 5 nitrogen and oxygen atoms in total. The zero-order valence-electron chi connectivity index (χ0n) is 18.8. The molecule has 2 amide bonds. The van der Waals surface area contributed by atoms with E-state index in [1.165, 1.54) is 5.56 Å². The van der Waals surface area contributed by atoms with Crippen molar-refractivity contribution in [1.29, 1.82) is 0 Å². The molecule has 1 aliphatic heterocycles. The van der Waals surface area contributed by atoms with Crippen molar-refractivity contribution >= 4 is 17.5 Å². The van der Waals surface area contributed by atoms with Gasteiger partial charge in [-0.05, 0) is 49.3 Å². The first-order valence-electron chi connectivity index (χ1n) is 11.5. The molecule has 0 radical (unpaired) electrons. The number of aryl methyl sites for hydroxylation is 1. The fourth-order valence-electron chi connectivity index (χ4n) is 3.98. The fraction of sp³-hybridized carbons (Fsp3) is 0.462. The van der Waals surface area contributed by atoms with Crippen molar-refractivity contribution in [2.75, 3.05) is 24.5 Å². The Balaban J connectivity index is 1.48. The standard InChI is InChI=1S/C26H35N3O2/c1-20(2)14-17-27-26(31)23-10-6-7-11-24(23)29-18-15-22(16-19-29)28-25(30)13-12-21-8-4-3-5-9-21/h3-11,20,22H,12-19H2,1-2H3,(H,27,31)(H,28,30). The zero-order valence-corrected chi connectivity index (χ0v) is 18.8. The van der Waals surface area contributed by atoms with Gasteiger partial charge < -0.3 is 15.5 Å². The Hall–Kier alpha value is -2.82. The summed E-state index contributed by atoms with van der Waals surface area (Å²) in [5.41, 5.74) is 2.91. The minimum Gasteiger partial charge on any atom is -0.371 e. The topological polar surface area (TPSA) is 61.4 Å². The summed E-state index contributed by atoms with van der Waals surface area (Å²) in [4.78, 5) is 27.3. The number of anilines is 1. The molecule has 1 aliphatic rings. The molecule has 0 aromatic heterocycles. The molecule has 0 saturated carbocycles. The maximum Gasteiger partial charge on any atom is 0.253 e. The van der Waals surface area contributed by atoms with Crippen LogP contribution in [0.25, 0.3) is 0 Å². The van der Waals surface area contributed by atoms with Crippen LogP contribution in [0.15, 0.2) is 54.6 Å². The van der Waals surface area contributed by atoms with E-state index >= 15 is 0 Å². The van der Waals surface area contributed by atoms with Crippen molar-refractivity contribution in [2.45, 2.75) is 52.0 Å². The third-order valence-electron chi connectivity index (χ3n) is 5.84. The molecule has 1 saturated heterocycles. The molecule has 1 heterocycles. The molecule has 2 N–H and O–H groups in total. The van der Waals surface area contributed by atoms with Crippen molar-refractivity contribution < 1.29 is 9.59 Å². The second-order valence-corrected chi connectivity index (χ2v) is 8.77. The van der Waals surface area contributed by atoms with Crippen LogP contribution in [0.1, 0.15) is 55.5 Å². The number of carbonyl (C=O) groups is 2. The van der Waals surface area contributed by atoms with E-state index in [1.807, 2.05) is 42.5 Å². The molecular formula is C26H35N3O2. The molecule has 0 bridgehead atoms. The number of carbonyl (C=O) groups excluding carboxylic acids is 2. The molecule has 2 aromatic carbocycles. The summed E-state index contributed by atoms with van der Waals surface area (Å²) in [6.07, 6.45) is 4.04. The van der Waals surface area contributed by atoms with Crippen LogP contribution in [0.2, 0.25) is 0 Å². The van der Waals surface area contributed by atoms with E-state index in [0.29, 0.717) is 18.9 Å². The van der Waals surface area contributed by atoms with E-state index in [-0.39, 0.29) is 17.9 Å². The van der Waals surface area contributed by atoms with Crippen LogP contribution >= 0.6 is 0 Å². The van der Waals surface area contributed by atoms with Crippen molar-refractivity contribution in [3.63, 3.8) is 0 Å². The van der Waals surface area contributed by atoms with Gasteiger partial charge in [-0.3, -0.25) is 9.59 Å². The average Bonchev–Trinajstić information content (AvgIpc) is 2.78. The van der Waals surface area contributed by atoms with Crippen molar-refractivity contribution in [2.24, 2.45) is 5.92 Å². The third-order valence-corrected chi connectivity index (χ3v) is 5.84. The van der Waals surface area contributed by atoms with Gasteiger partial charge in [0.15, 0.2) is 0 Å². The van der Waals surface area contributed by atoms with Gasteiger partial charge in [0, 0.05) is 37.8 Å². The van der Waals surface area contributed by atoms with Crippen LogP contribution in [0.4, 0.5) is 5.69 Å². The molecule has 166 valence electrons. The van der Waals surface area contributed by atoms with Gasteiger partial charge >= 0.3 is 0 Å². The Morgan fingerprint density at radius 1 is 1.00 bits per heavy atom. The van der Waals surface area contributed by atoms with Crippen molar-refractivity contribution in [3.05, 3.63) is 65.7 Å². The van der Waals surface area contributed by atoms with E-state index in [9.17, 15) is 9.59 Å². The predicted molar refractivity (Wildman–Crippen MR) is 126 cm³/mol. The number of hydrogen-bond acceptors (Lipinski definition) is 3. The molecule has 0 aliphatic carbocycles. The average molecular weight is 422 g/mol. The van der Waals surface area contributed by atoms with Gasteiger partial charge in [0.05, 0.1) is 5.56 Å². The van der Waals surface area contributed by atoms with E-state index in [4.69, 9.17) is 0 Å². The lowest BCUT2D eigenvalue weighted by Crippen LogP contribution is -2.45. The molecule has 0 spiro atoms. The highest BCUT2D eigenvalue weighted by Crippen LogP contribution is 2.24. The highest BCUT2D eigenvalue weighted by atomic mass is 16.2. The summed E-state index contributed by atoms with van der Waals surface area (Å²) >= 11 is 0. The van der Waals surface area contributed by atoms with E-state index in [0.717, 1.165) is 50.0 Å². The van der Waals surface area contributed by atoms with E-state index in [1.54, 1.807) is 0 Å². The van der Waals surface area contributed by atoms with Gasteiger partial charge in [-0.1, -0.05) is 56.3 Å². The van der Waals surface area contributed by atoms with Crippen LogP contribution in [-0.2, 0) is 11.2 Å². The summed E-state index contributed by atoms with van der Waals surface area (Å²) in [7, 11) is 0. The molecular weight excluding hydrogens is 386 g/mol. The van der Waals surface area contributed by atoms with Gasteiger partial charge in [-0.15, -0.1) is 0 Å². The molecule has 3 rings (SSSR count). The molecule has 5 heteroatoms. The van der Waals surface area contributed by atoms with Gasteiger partial charge in [-0.2, -0.15) is 0 Å². The largest absolute Gasteiger partial charge is 0.371 e. The number of rotatable bonds is 9. The summed E-state index contributed by atoms with van der Waals surface area (Å²) < 4.78 is 0. The monoisotopic (exact) mass is 421 g/mol. The van der Waals surface area contributed by atoms with Crippen molar-refractivity contribution in [3.8, 4) is 0 Å². The van der Waals surface area contributed by atoms with Gasteiger partial charge in [0.2, 0.25) is 5.91 Å². The molecule has 0 atom stereocenters. The van der Waals surface area contributed by atoms with Gasteiger partial charge in [-0.25, -0.2) is 0 Å². The zero-order chi connectivity index (χ0) is 22.1. The van der Waals surface area contributed by atoms with Crippen molar-refractivity contribution in [1.82, 2.24) is 10.6 Å². The maximum atomic E-state index is 12.7. The number of benzene rings is 2. The predicted octanol–water partition coefficient (Wildman–Crippen LogP) is 4.18. The molecule has 2 aromatic rings. The fourth-order valence-corrected chi connectivity index (χ4v) is 3.98. The number of hydrogen-bond donors (Lipinski definition) is 2. The number of amides is 2. The number of piperidine rings is 1. The quantitative estimate of drug-likeness (QED) is 0.639. The van der Waals surface area contributed by atoms with Crippen LogP contribution < -0.4 is 15.5 Å². The Bertz CT molecular complexity index is 843. The van der Waals surface area contributed by atoms with Gasteiger partial charge in [0.1, 0.15) is 0 Å². The summed E-state index contributed by atoms with van der Waals surface area (Å²) in [5.74, 6) is 0.678. The Labute approximate surface area is 186 Å². The Morgan fingerprint density at radius 2 is 1.68 bits per heavy atom. The van der Waals surface area contributed by atoms with E-state index < -0.39 is 0 Å².